The van der Waals surface area contributed by atoms with E-state index in [9.17, 15) is 9.59 Å². The molecule has 2 fully saturated rings. The summed E-state index contributed by atoms with van der Waals surface area (Å²) in [6.07, 6.45) is 9.80. The van der Waals surface area contributed by atoms with Crippen molar-refractivity contribution in [2.24, 2.45) is 0 Å². The Morgan fingerprint density at radius 3 is 1.25 bits per heavy atom. The molecule has 0 aromatic carbocycles. The summed E-state index contributed by atoms with van der Waals surface area (Å²) >= 11 is 0. The van der Waals surface area contributed by atoms with E-state index in [-0.39, 0.29) is 11.8 Å². The van der Waals surface area contributed by atoms with Gasteiger partial charge in [0.2, 0.25) is 11.8 Å². The van der Waals surface area contributed by atoms with Gasteiger partial charge < -0.3 is 9.80 Å². The van der Waals surface area contributed by atoms with Gasteiger partial charge >= 0.3 is 0 Å². The van der Waals surface area contributed by atoms with Crippen LogP contribution in [0, 0.1) is 0 Å². The van der Waals surface area contributed by atoms with Crippen LogP contribution in [0.4, 0.5) is 0 Å². The van der Waals surface area contributed by atoms with E-state index in [4.69, 9.17) is 0 Å². The minimum absolute atomic E-state index is 0.279. The number of hydrogen-bond acceptors (Lipinski definition) is 2. The van der Waals surface area contributed by atoms with E-state index in [1.165, 1.54) is 12.8 Å². The van der Waals surface area contributed by atoms with Crippen LogP contribution in [0.3, 0.4) is 0 Å². The second-order valence-electron chi connectivity index (χ2n) is 8.07. The Balaban J connectivity index is 1.72. The first-order chi connectivity index (χ1) is 11.4. The molecule has 4 atom stereocenters. The van der Waals surface area contributed by atoms with Crippen molar-refractivity contribution in [3.63, 3.8) is 0 Å². The molecule has 4 nitrogen and oxygen atoms in total. The second-order valence-corrected chi connectivity index (χ2v) is 8.07. The number of hydrogen-bond donors (Lipinski definition) is 0. The number of likely N-dealkylation sites (tertiary alicyclic amines) is 2. The number of carbonyl (C=O) groups excluding carboxylic acids is 2. The van der Waals surface area contributed by atoms with Gasteiger partial charge in [0.05, 0.1) is 0 Å². The van der Waals surface area contributed by atoms with Gasteiger partial charge in [-0.25, -0.2) is 0 Å². The van der Waals surface area contributed by atoms with E-state index < -0.39 is 0 Å². The third-order valence-corrected chi connectivity index (χ3v) is 5.99. The zero-order valence-corrected chi connectivity index (χ0v) is 16.1. The first-order valence-corrected chi connectivity index (χ1v) is 10.0. The van der Waals surface area contributed by atoms with Gasteiger partial charge in [-0.3, -0.25) is 9.59 Å². The van der Waals surface area contributed by atoms with Crippen LogP contribution in [0.5, 0.6) is 0 Å². The highest BCUT2D eigenvalue weighted by molar-refractivity contribution is 5.78. The lowest BCUT2D eigenvalue weighted by molar-refractivity contribution is -0.139. The van der Waals surface area contributed by atoms with Crippen LogP contribution in [-0.2, 0) is 9.59 Å². The minimum atomic E-state index is 0.279. The molecule has 0 bridgehead atoms. The number of piperidine rings is 2. The van der Waals surface area contributed by atoms with Crippen molar-refractivity contribution >= 4 is 11.8 Å². The quantitative estimate of drug-likeness (QED) is 0.708. The summed E-state index contributed by atoms with van der Waals surface area (Å²) in [6, 6.07) is 1.49. The molecule has 0 aromatic rings. The van der Waals surface area contributed by atoms with Crippen LogP contribution in [0.1, 0.15) is 91.9 Å². The third-order valence-electron chi connectivity index (χ3n) is 5.99. The van der Waals surface area contributed by atoms with Gasteiger partial charge in [-0.2, -0.15) is 0 Å². The maximum absolute atomic E-state index is 12.5. The molecule has 2 aliphatic heterocycles. The maximum atomic E-state index is 12.5. The van der Waals surface area contributed by atoms with Crippen molar-refractivity contribution in [2.75, 3.05) is 0 Å². The molecule has 0 N–H and O–H groups in total. The number of carbonyl (C=O) groups is 2. The molecular weight excluding hydrogens is 300 g/mol. The van der Waals surface area contributed by atoms with Crippen LogP contribution in [0.25, 0.3) is 0 Å². The van der Waals surface area contributed by atoms with Crippen molar-refractivity contribution in [1.82, 2.24) is 9.80 Å². The Kier molecular flexibility index (Phi) is 7.12. The molecule has 138 valence electrons. The van der Waals surface area contributed by atoms with Crippen LogP contribution in [-0.4, -0.2) is 45.8 Å². The Bertz CT molecular complexity index is 377. The molecule has 0 aliphatic carbocycles. The normalized spacial score (nSPS) is 31.2. The molecule has 2 rings (SSSR count). The number of rotatable bonds is 5. The summed E-state index contributed by atoms with van der Waals surface area (Å²) in [5.74, 6) is 0.559. The van der Waals surface area contributed by atoms with Gasteiger partial charge in [-0.15, -0.1) is 0 Å². The molecule has 4 heteroatoms. The summed E-state index contributed by atoms with van der Waals surface area (Å²) < 4.78 is 0. The highest BCUT2D eigenvalue weighted by Gasteiger charge is 2.29. The summed E-state index contributed by atoms with van der Waals surface area (Å²) in [4.78, 5) is 29.2. The van der Waals surface area contributed by atoms with E-state index in [0.29, 0.717) is 37.0 Å². The van der Waals surface area contributed by atoms with Gasteiger partial charge in [0.15, 0.2) is 0 Å². The first-order valence-electron chi connectivity index (χ1n) is 10.0. The molecule has 0 unspecified atom stereocenters. The van der Waals surface area contributed by atoms with Crippen molar-refractivity contribution < 1.29 is 9.59 Å². The van der Waals surface area contributed by atoms with E-state index >= 15 is 0 Å². The fourth-order valence-electron chi connectivity index (χ4n) is 4.64. The summed E-state index contributed by atoms with van der Waals surface area (Å²) in [5.41, 5.74) is 0. The largest absolute Gasteiger partial charge is 0.337 e. The number of amides is 2. The van der Waals surface area contributed by atoms with E-state index in [1.54, 1.807) is 0 Å². The maximum Gasteiger partial charge on any atom is 0.223 e. The highest BCUT2D eigenvalue weighted by Crippen LogP contribution is 2.25. The summed E-state index contributed by atoms with van der Waals surface area (Å²) in [6.45, 7) is 8.65. The highest BCUT2D eigenvalue weighted by atomic mass is 16.2. The average molecular weight is 337 g/mol. The predicted octanol–water partition coefficient (Wildman–Crippen LogP) is 4.13. The van der Waals surface area contributed by atoms with Crippen molar-refractivity contribution in [3.05, 3.63) is 0 Å². The topological polar surface area (TPSA) is 40.6 Å². The molecule has 24 heavy (non-hydrogen) atoms. The number of nitrogens with zero attached hydrogens (tertiary/aromatic N) is 2. The lowest BCUT2D eigenvalue weighted by Crippen LogP contribution is -2.47. The third kappa shape index (κ3) is 4.73. The monoisotopic (exact) mass is 336 g/mol. The molecule has 2 saturated heterocycles. The SMILES string of the molecule is C[C@@H]1CCC[C@H](C)N1C(=O)CCCCC(=O)N1[C@H](C)CCC[C@@H]1C. The molecule has 0 aromatic heterocycles. The molecule has 2 amide bonds. The molecule has 0 radical (unpaired) electrons. The first kappa shape index (κ1) is 19.3. The molecule has 2 heterocycles. The van der Waals surface area contributed by atoms with Gasteiger partial charge in [-0.1, -0.05) is 0 Å². The standard InChI is InChI=1S/C20H36N2O2/c1-15-9-7-10-16(2)21(15)19(23)13-5-6-14-20(24)22-17(3)11-8-12-18(22)4/h15-18H,5-14H2,1-4H3/t15-,16+,17-,18+. The predicted molar refractivity (Wildman–Crippen MR) is 97.7 cm³/mol. The Morgan fingerprint density at radius 2 is 0.958 bits per heavy atom. The van der Waals surface area contributed by atoms with Crippen molar-refractivity contribution in [2.45, 2.75) is 116 Å². The minimum Gasteiger partial charge on any atom is -0.337 e. The Morgan fingerprint density at radius 1 is 0.667 bits per heavy atom. The van der Waals surface area contributed by atoms with E-state index in [0.717, 1.165) is 38.5 Å². The van der Waals surface area contributed by atoms with Crippen molar-refractivity contribution in [3.8, 4) is 0 Å². The Hall–Kier alpha value is -1.06. The zero-order chi connectivity index (χ0) is 17.7. The fourth-order valence-corrected chi connectivity index (χ4v) is 4.64. The van der Waals surface area contributed by atoms with Gasteiger partial charge in [-0.05, 0) is 79.1 Å². The second kappa shape index (κ2) is 8.87. The van der Waals surface area contributed by atoms with Crippen LogP contribution in [0.2, 0.25) is 0 Å². The molecule has 0 saturated carbocycles. The van der Waals surface area contributed by atoms with Gasteiger partial charge in [0.25, 0.3) is 0 Å². The molecule has 0 spiro atoms. The van der Waals surface area contributed by atoms with Gasteiger partial charge in [0, 0.05) is 37.0 Å². The Labute approximate surface area is 148 Å². The van der Waals surface area contributed by atoms with E-state index in [1.807, 2.05) is 0 Å². The summed E-state index contributed by atoms with van der Waals surface area (Å²) in [7, 11) is 0. The van der Waals surface area contributed by atoms with Crippen LogP contribution < -0.4 is 0 Å². The fraction of sp³-hybridized carbons (Fsp3) is 0.900. The van der Waals surface area contributed by atoms with Crippen LogP contribution >= 0.6 is 0 Å². The smallest absolute Gasteiger partial charge is 0.223 e. The average Bonchev–Trinajstić information content (AvgIpc) is 2.51. The van der Waals surface area contributed by atoms with Crippen molar-refractivity contribution in [1.29, 1.82) is 0 Å². The zero-order valence-electron chi connectivity index (χ0n) is 16.1. The lowest BCUT2D eigenvalue weighted by Gasteiger charge is -2.39. The van der Waals surface area contributed by atoms with Crippen LogP contribution in [0.15, 0.2) is 0 Å². The molecular formula is C20H36N2O2. The molecule has 2 aliphatic rings. The van der Waals surface area contributed by atoms with E-state index in [2.05, 4.69) is 37.5 Å². The summed E-state index contributed by atoms with van der Waals surface area (Å²) in [5, 5.41) is 0. The lowest BCUT2D eigenvalue weighted by atomic mass is 9.96. The van der Waals surface area contributed by atoms with Gasteiger partial charge in [0.1, 0.15) is 0 Å². The number of unbranched alkanes of at least 4 members (excludes halogenated alkanes) is 1.